The summed E-state index contributed by atoms with van der Waals surface area (Å²) in [5.74, 6) is 2.39. The van der Waals surface area contributed by atoms with Crippen LogP contribution < -0.4 is 11.1 Å². The van der Waals surface area contributed by atoms with Gasteiger partial charge in [-0.1, -0.05) is 102 Å². The van der Waals surface area contributed by atoms with Crippen LogP contribution in [0.2, 0.25) is 0 Å². The maximum Gasteiger partial charge on any atom is 0.408 e. The van der Waals surface area contributed by atoms with Crippen molar-refractivity contribution in [1.82, 2.24) is 54.8 Å². The Kier molecular flexibility index (Phi) is 12.5. The van der Waals surface area contributed by atoms with Crippen LogP contribution in [0.3, 0.4) is 0 Å². The van der Waals surface area contributed by atoms with Crippen LogP contribution in [-0.2, 0) is 17.8 Å². The van der Waals surface area contributed by atoms with E-state index in [0.29, 0.717) is 42.0 Å². The number of nitrogens with one attached hydrogen (secondary N) is 1. The number of amides is 1. The summed E-state index contributed by atoms with van der Waals surface area (Å²) in [7, 11) is 0. The molecule has 0 radical (unpaired) electrons. The lowest BCUT2D eigenvalue weighted by atomic mass is 9.86. The van der Waals surface area contributed by atoms with E-state index >= 15 is 0 Å². The second-order valence-corrected chi connectivity index (χ2v) is 16.3. The molecule has 0 saturated heterocycles. The monoisotopic (exact) mass is 744 g/mol. The highest BCUT2D eigenvalue weighted by Gasteiger charge is 2.35. The summed E-state index contributed by atoms with van der Waals surface area (Å²) in [6, 6.07) is 19.5. The first-order chi connectivity index (χ1) is 26.0. The third kappa shape index (κ3) is 11.3. The van der Waals surface area contributed by atoms with Crippen LogP contribution in [0.4, 0.5) is 4.79 Å². The molecule has 14 nitrogen and oxygen atoms in total. The Morgan fingerprint density at radius 1 is 0.673 bits per heavy atom. The Balaban J connectivity index is 0.000000218. The molecule has 3 N–H and O–H groups in total. The first-order valence-electron chi connectivity index (χ1n) is 18.2. The van der Waals surface area contributed by atoms with E-state index in [1.807, 2.05) is 99.4 Å². The molecule has 0 unspecified atom stereocenters. The Bertz CT molecular complexity index is 2100. The van der Waals surface area contributed by atoms with Gasteiger partial charge in [0.05, 0.1) is 37.6 Å². The molecule has 4 aromatic heterocycles. The van der Waals surface area contributed by atoms with Gasteiger partial charge in [0.2, 0.25) is 11.6 Å². The number of rotatable bonds is 9. The standard InChI is InChI=1S/C23H30N6O2.C18H22N6/c1-22(2,3)18(26-21(30)31-23(4,5)6)20-27-19(17-14-24-12-13-25-17)28-29(20)15-16-10-8-7-9-11-16;1-18(2,3)15(19)17-22-16(14-11-20-9-10-21-14)23-24(17)12-13-7-5-4-6-8-13/h7-14,18H,15H2,1-6H3,(H,26,30);4-11,15H,12,19H2,1-3H3/t18-;15-/m00/s1. The minimum Gasteiger partial charge on any atom is -0.444 e. The number of ether oxygens (including phenoxy) is 1. The zero-order valence-corrected chi connectivity index (χ0v) is 33.2. The van der Waals surface area contributed by atoms with Gasteiger partial charge in [-0.15, -0.1) is 10.2 Å². The smallest absolute Gasteiger partial charge is 0.408 e. The van der Waals surface area contributed by atoms with E-state index in [-0.39, 0.29) is 16.9 Å². The molecule has 288 valence electrons. The minimum atomic E-state index is -0.602. The highest BCUT2D eigenvalue weighted by Crippen LogP contribution is 2.34. The number of nitrogens with zero attached hydrogens (tertiary/aromatic N) is 10. The number of alkyl carbamates (subject to hydrolysis) is 1. The van der Waals surface area contributed by atoms with Gasteiger partial charge in [0, 0.05) is 24.8 Å². The van der Waals surface area contributed by atoms with Crippen LogP contribution in [-0.4, -0.2) is 61.2 Å². The Hall–Kier alpha value is -5.89. The first kappa shape index (κ1) is 40.3. The molecular weight excluding hydrogens is 693 g/mol. The fourth-order valence-corrected chi connectivity index (χ4v) is 5.42. The van der Waals surface area contributed by atoms with Crippen molar-refractivity contribution >= 4 is 6.09 Å². The summed E-state index contributed by atoms with van der Waals surface area (Å²) in [4.78, 5) is 38.9. The Morgan fingerprint density at radius 3 is 1.53 bits per heavy atom. The Labute approximate surface area is 323 Å². The zero-order chi connectivity index (χ0) is 39.8. The number of hydrogen-bond donors (Lipinski definition) is 2. The van der Waals surface area contributed by atoms with Crippen LogP contribution in [0.5, 0.6) is 0 Å². The lowest BCUT2D eigenvalue weighted by molar-refractivity contribution is 0.0455. The van der Waals surface area contributed by atoms with Crippen molar-refractivity contribution in [3.8, 4) is 23.0 Å². The quantitative estimate of drug-likeness (QED) is 0.153. The van der Waals surface area contributed by atoms with Crippen molar-refractivity contribution in [3.63, 3.8) is 0 Å². The van der Waals surface area contributed by atoms with Gasteiger partial charge in [0.25, 0.3) is 0 Å². The molecule has 0 aliphatic heterocycles. The van der Waals surface area contributed by atoms with E-state index in [2.05, 4.69) is 68.2 Å². The van der Waals surface area contributed by atoms with Gasteiger partial charge in [-0.2, -0.15) is 0 Å². The van der Waals surface area contributed by atoms with Gasteiger partial charge in [0.1, 0.15) is 22.8 Å². The molecule has 6 rings (SSSR count). The molecule has 0 aliphatic rings. The van der Waals surface area contributed by atoms with Crippen molar-refractivity contribution in [3.05, 3.63) is 121 Å². The number of carbonyl (C=O) groups excluding carboxylic acids is 1. The molecule has 4 heterocycles. The molecule has 0 aliphatic carbocycles. The average molecular weight is 745 g/mol. The van der Waals surface area contributed by atoms with Crippen molar-refractivity contribution in [2.75, 3.05) is 0 Å². The third-order valence-electron chi connectivity index (χ3n) is 8.33. The lowest BCUT2D eigenvalue weighted by Crippen LogP contribution is -2.41. The number of nitrogens with two attached hydrogens (primary N) is 1. The number of benzene rings is 2. The van der Waals surface area contributed by atoms with Gasteiger partial charge in [-0.25, -0.2) is 34.1 Å². The lowest BCUT2D eigenvalue weighted by Gasteiger charge is -2.31. The van der Waals surface area contributed by atoms with Crippen LogP contribution in [0.25, 0.3) is 23.0 Å². The summed E-state index contributed by atoms with van der Waals surface area (Å²) < 4.78 is 9.19. The van der Waals surface area contributed by atoms with E-state index in [1.54, 1.807) is 37.2 Å². The molecule has 55 heavy (non-hydrogen) atoms. The molecule has 0 spiro atoms. The summed E-state index contributed by atoms with van der Waals surface area (Å²) in [6.07, 6.45) is 9.26. The van der Waals surface area contributed by atoms with E-state index in [4.69, 9.17) is 20.6 Å². The average Bonchev–Trinajstić information content (AvgIpc) is 3.75. The van der Waals surface area contributed by atoms with Crippen LogP contribution in [0.15, 0.2) is 97.8 Å². The second-order valence-electron chi connectivity index (χ2n) is 16.3. The number of hydrogen-bond acceptors (Lipinski definition) is 11. The summed E-state index contributed by atoms with van der Waals surface area (Å²) in [5, 5.41) is 12.3. The van der Waals surface area contributed by atoms with E-state index in [9.17, 15) is 4.79 Å². The van der Waals surface area contributed by atoms with E-state index in [1.165, 1.54) is 0 Å². The van der Waals surface area contributed by atoms with Crippen molar-refractivity contribution in [1.29, 1.82) is 0 Å². The minimum absolute atomic E-state index is 0.124. The topological polar surface area (TPSA) is 177 Å². The molecule has 1 amide bonds. The number of carbonyl (C=O) groups is 1. The van der Waals surface area contributed by atoms with E-state index in [0.717, 1.165) is 17.0 Å². The van der Waals surface area contributed by atoms with Gasteiger partial charge >= 0.3 is 6.09 Å². The molecule has 0 fully saturated rings. The molecule has 6 aromatic rings. The van der Waals surface area contributed by atoms with E-state index < -0.39 is 17.7 Å². The number of aromatic nitrogens is 10. The van der Waals surface area contributed by atoms with Gasteiger partial charge in [0.15, 0.2) is 5.82 Å². The van der Waals surface area contributed by atoms with Crippen LogP contribution in [0.1, 0.15) is 97.2 Å². The van der Waals surface area contributed by atoms with Gasteiger partial charge < -0.3 is 15.8 Å². The predicted molar refractivity (Wildman–Crippen MR) is 211 cm³/mol. The molecular formula is C41H52N12O2. The summed E-state index contributed by atoms with van der Waals surface area (Å²) in [6.45, 7) is 19.0. The fourth-order valence-electron chi connectivity index (χ4n) is 5.42. The van der Waals surface area contributed by atoms with Crippen molar-refractivity contribution in [2.45, 2.75) is 93.1 Å². The largest absolute Gasteiger partial charge is 0.444 e. The summed E-state index contributed by atoms with van der Waals surface area (Å²) in [5.41, 5.74) is 8.82. The fraction of sp³-hybridized carbons (Fsp3) is 0.390. The molecule has 0 bridgehead atoms. The summed E-state index contributed by atoms with van der Waals surface area (Å²) >= 11 is 0. The van der Waals surface area contributed by atoms with Crippen LogP contribution >= 0.6 is 0 Å². The first-order valence-corrected chi connectivity index (χ1v) is 18.2. The van der Waals surface area contributed by atoms with Gasteiger partial charge in [-0.05, 0) is 42.7 Å². The maximum atomic E-state index is 12.6. The van der Waals surface area contributed by atoms with Crippen molar-refractivity contribution in [2.24, 2.45) is 16.6 Å². The second kappa shape index (κ2) is 17.1. The van der Waals surface area contributed by atoms with Crippen LogP contribution in [0, 0.1) is 10.8 Å². The molecule has 2 atom stereocenters. The van der Waals surface area contributed by atoms with Gasteiger partial charge in [-0.3, -0.25) is 9.97 Å². The molecule has 0 saturated carbocycles. The molecule has 2 aromatic carbocycles. The predicted octanol–water partition coefficient (Wildman–Crippen LogP) is 7.22. The highest BCUT2D eigenvalue weighted by molar-refractivity contribution is 5.68. The molecule has 14 heteroatoms. The maximum absolute atomic E-state index is 12.6. The normalized spacial score (nSPS) is 13.0. The zero-order valence-electron chi connectivity index (χ0n) is 33.2. The Morgan fingerprint density at radius 2 is 1.13 bits per heavy atom. The highest BCUT2D eigenvalue weighted by atomic mass is 16.6. The third-order valence-corrected chi connectivity index (χ3v) is 8.33. The SMILES string of the molecule is CC(C)(C)OC(=O)N[C@@H](c1nc(-c2cnccn2)nn1Cc1ccccc1)C(C)(C)C.CC(C)(C)[C@@H](N)c1nc(-c2cnccn2)nn1Cc1ccccc1. The van der Waals surface area contributed by atoms with Crippen molar-refractivity contribution < 1.29 is 9.53 Å².